The Balaban J connectivity index is 0.000000191. The fourth-order valence-corrected chi connectivity index (χ4v) is 9.36. The number of pyridine rings is 1. The molecule has 1 fully saturated rings. The summed E-state index contributed by atoms with van der Waals surface area (Å²) in [5.74, 6) is 0.349. The number of allylic oxidation sites excluding steroid dienone is 1. The average molecular weight is 732 g/mol. The van der Waals surface area contributed by atoms with Crippen LogP contribution in [0.25, 0.3) is 0 Å². The van der Waals surface area contributed by atoms with Crippen molar-refractivity contribution in [1.82, 2.24) is 4.98 Å². The van der Waals surface area contributed by atoms with Crippen LogP contribution in [0, 0.1) is 27.3 Å². The summed E-state index contributed by atoms with van der Waals surface area (Å²) in [6, 6.07) is 38.4. The van der Waals surface area contributed by atoms with E-state index in [0.29, 0.717) is 5.92 Å². The average Bonchev–Trinajstić information content (AvgIpc) is 3.30. The summed E-state index contributed by atoms with van der Waals surface area (Å²) in [6.45, 7) is 14.0. The molecule has 5 aromatic rings. The Morgan fingerprint density at radius 2 is 1.26 bits per heavy atom. The molecule has 46 heavy (non-hydrogen) atoms. The molecule has 0 N–H and O–H groups in total. The number of aromatic nitrogens is 1. The molecule has 236 valence electrons. The largest absolute Gasteiger partial charge is 0.265 e. The second kappa shape index (κ2) is 13.4. The molecule has 2 bridgehead atoms. The minimum absolute atomic E-state index is 0.0932. The molecule has 9 rings (SSSR count). The molecule has 1 saturated heterocycles. The molecular formula is C41H39Cl2N2Ru-. The van der Waals surface area contributed by atoms with Gasteiger partial charge in [0.2, 0.25) is 0 Å². The molecular weight excluding hydrogens is 692 g/mol. The molecule has 2 nitrogen and oxygen atoms in total. The van der Waals surface area contributed by atoms with Crippen molar-refractivity contribution in [2.24, 2.45) is 0 Å². The molecule has 1 aromatic heterocycles. The number of rotatable bonds is 2. The predicted molar refractivity (Wildman–Crippen MR) is 193 cm³/mol. The topological polar surface area (TPSA) is 16.1 Å². The van der Waals surface area contributed by atoms with Crippen molar-refractivity contribution in [3.05, 3.63) is 184 Å². The maximum Gasteiger partial charge on any atom is 0.0267 e. The fraction of sp³-hybridized carbons (Fsp3) is 0.195. The summed E-state index contributed by atoms with van der Waals surface area (Å²) in [4.78, 5) is 6.36. The third-order valence-corrected chi connectivity index (χ3v) is 11.1. The molecule has 1 spiro atoms. The van der Waals surface area contributed by atoms with Crippen LogP contribution in [-0.2, 0) is 18.9 Å². The van der Waals surface area contributed by atoms with E-state index in [4.69, 9.17) is 19.4 Å². The van der Waals surface area contributed by atoms with Gasteiger partial charge in [0.1, 0.15) is 0 Å². The van der Waals surface area contributed by atoms with Crippen LogP contribution in [-0.4, -0.2) is 15.1 Å². The van der Waals surface area contributed by atoms with Crippen LogP contribution in [0.2, 0.25) is 0 Å². The quantitative estimate of drug-likeness (QED) is 0.102. The molecule has 0 unspecified atom stereocenters. The first-order valence-electron chi connectivity index (χ1n) is 15.5. The van der Waals surface area contributed by atoms with E-state index in [2.05, 4.69) is 118 Å². The van der Waals surface area contributed by atoms with Gasteiger partial charge in [0.05, 0.1) is 0 Å². The Hall–Kier alpha value is -3.36. The van der Waals surface area contributed by atoms with Gasteiger partial charge in [0.25, 0.3) is 0 Å². The summed E-state index contributed by atoms with van der Waals surface area (Å²) in [5, 5.41) is 0. The van der Waals surface area contributed by atoms with E-state index < -0.39 is 13.5 Å². The number of hydrogen-bond acceptors (Lipinski definition) is 2. The van der Waals surface area contributed by atoms with Crippen LogP contribution < -0.4 is 4.90 Å². The standard InChI is InChI=1S/C29H28N.C7H6.C5H5N.2ClH.Ru/c1-18-14-19(2)27(20(3)15-18)30-17-29-24-12-8-6-10-21(24)23(16-26(29)28(30,4)5)22-11-7-9-13-25(22)29;1-7-5-3-2-4-6-7;1-2-4-6-5-3-1;;;/h6-17,23H,1-5H3;1-6H;1-5H;2*1H;/q-1;;;;;+2/p-2. The van der Waals surface area contributed by atoms with Crippen molar-refractivity contribution in [3.63, 3.8) is 0 Å². The summed E-state index contributed by atoms with van der Waals surface area (Å²) in [7, 11) is 11.3. The third-order valence-electron chi connectivity index (χ3n) is 9.22. The number of hydrogen-bond donors (Lipinski definition) is 0. The number of nitrogens with zero attached hydrogens (tertiary/aromatic N) is 2. The Morgan fingerprint density at radius 3 is 1.76 bits per heavy atom. The zero-order valence-electron chi connectivity index (χ0n) is 26.9. The van der Waals surface area contributed by atoms with E-state index in [1.54, 1.807) is 12.4 Å². The zero-order chi connectivity index (χ0) is 32.5. The van der Waals surface area contributed by atoms with Crippen LogP contribution >= 0.6 is 19.4 Å². The third kappa shape index (κ3) is 5.95. The fourth-order valence-electron chi connectivity index (χ4n) is 7.53. The smallest absolute Gasteiger partial charge is 0.0267 e. The second-order valence-corrected chi connectivity index (χ2v) is 18.3. The van der Waals surface area contributed by atoms with Crippen LogP contribution in [0.1, 0.15) is 64.3 Å². The van der Waals surface area contributed by atoms with E-state index in [0.717, 1.165) is 5.56 Å². The minimum atomic E-state index is -1.61. The van der Waals surface area contributed by atoms with Crippen LogP contribution in [0.5, 0.6) is 0 Å². The van der Waals surface area contributed by atoms with Crippen molar-refractivity contribution in [1.29, 1.82) is 0 Å². The Kier molecular flexibility index (Phi) is 9.49. The van der Waals surface area contributed by atoms with Crippen LogP contribution in [0.4, 0.5) is 5.69 Å². The van der Waals surface area contributed by atoms with Gasteiger partial charge >= 0.3 is 73.4 Å². The van der Waals surface area contributed by atoms with E-state index in [1.165, 1.54) is 50.2 Å². The molecule has 4 aliphatic rings. The summed E-state index contributed by atoms with van der Waals surface area (Å²) in [5.41, 5.74) is 13.6. The number of aryl methyl sites for hydroxylation is 3. The van der Waals surface area contributed by atoms with Crippen molar-refractivity contribution >= 4 is 29.7 Å². The zero-order valence-corrected chi connectivity index (χ0v) is 30.1. The number of benzene rings is 4. The van der Waals surface area contributed by atoms with Crippen molar-refractivity contribution in [2.75, 3.05) is 4.90 Å². The molecule has 5 heteroatoms. The molecule has 2 heterocycles. The van der Waals surface area contributed by atoms with Crippen LogP contribution in [0.3, 0.4) is 0 Å². The van der Waals surface area contributed by atoms with Crippen LogP contribution in [0.15, 0.2) is 133 Å². The van der Waals surface area contributed by atoms with Gasteiger partial charge in [0.15, 0.2) is 0 Å². The minimum Gasteiger partial charge on any atom is -0.265 e. The van der Waals surface area contributed by atoms with Gasteiger partial charge in [-0.05, 0) is 69.0 Å². The summed E-state index contributed by atoms with van der Waals surface area (Å²) < 4.78 is 1.92. The van der Waals surface area contributed by atoms with E-state index in [-0.39, 0.29) is 11.0 Å². The molecule has 3 aliphatic carbocycles. The molecule has 1 aliphatic heterocycles. The van der Waals surface area contributed by atoms with Crippen molar-refractivity contribution in [2.45, 2.75) is 51.5 Å². The first-order chi connectivity index (χ1) is 22.1. The van der Waals surface area contributed by atoms with Crippen molar-refractivity contribution in [3.8, 4) is 0 Å². The molecule has 0 radical (unpaired) electrons. The van der Waals surface area contributed by atoms with E-state index in [1.807, 2.05) is 53.1 Å². The second-order valence-electron chi connectivity index (χ2n) is 12.6. The van der Waals surface area contributed by atoms with Gasteiger partial charge in [-0.3, -0.25) is 4.98 Å². The Bertz CT molecular complexity index is 1810. The number of halogens is 2. The Labute approximate surface area is 287 Å². The summed E-state index contributed by atoms with van der Waals surface area (Å²) >= 11 is -1.61. The molecule has 0 amide bonds. The van der Waals surface area contributed by atoms with Gasteiger partial charge in [0, 0.05) is 29.5 Å². The molecule has 0 saturated carbocycles. The van der Waals surface area contributed by atoms with E-state index >= 15 is 0 Å². The molecule has 0 atom stereocenters. The maximum atomic E-state index is 5.67. The maximum absolute atomic E-state index is 5.67. The van der Waals surface area contributed by atoms with Gasteiger partial charge in [-0.15, -0.1) is 0 Å². The monoisotopic (exact) mass is 731 g/mol. The normalized spacial score (nSPS) is 19.6. The molecule has 4 aromatic carbocycles. The first-order valence-corrected chi connectivity index (χ1v) is 21.0. The van der Waals surface area contributed by atoms with Gasteiger partial charge < -0.3 is 4.90 Å². The Morgan fingerprint density at radius 1 is 0.739 bits per heavy atom. The van der Waals surface area contributed by atoms with Crippen molar-refractivity contribution < 1.29 is 13.5 Å². The number of anilines is 1. The first kappa shape index (κ1) is 32.6. The van der Waals surface area contributed by atoms with Gasteiger partial charge in [-0.1, -0.05) is 100 Å². The predicted octanol–water partition coefficient (Wildman–Crippen LogP) is 10.6. The summed E-state index contributed by atoms with van der Waals surface area (Å²) in [6.07, 6.45) is 6.07. The van der Waals surface area contributed by atoms with E-state index in [9.17, 15) is 0 Å². The van der Waals surface area contributed by atoms with Gasteiger partial charge in [-0.2, -0.15) is 0 Å². The van der Waals surface area contributed by atoms with Gasteiger partial charge in [-0.25, -0.2) is 6.54 Å². The SMILES string of the molecule is Cc1cc(C)c(N2[CH-]C34C(=CC(c5ccccc53)c3ccccc34)C2(C)C)c(C)c1.[Cl][Ru]([Cl])=[CH]c1ccccc1.c1ccncc1.